The molecule has 0 unspecified atom stereocenters. The molecular weight excluding hydrogens is 356 g/mol. The van der Waals surface area contributed by atoms with Crippen molar-refractivity contribution in [1.29, 1.82) is 0 Å². The summed E-state index contributed by atoms with van der Waals surface area (Å²) in [6, 6.07) is 12.4. The lowest BCUT2D eigenvalue weighted by Crippen LogP contribution is -2.14. The number of carbonyl (C=O) groups excluding carboxylic acids is 1. The number of rotatable bonds is 4. The van der Waals surface area contributed by atoms with Gasteiger partial charge in [-0.2, -0.15) is 0 Å². The number of esters is 1. The van der Waals surface area contributed by atoms with Gasteiger partial charge in [0.25, 0.3) is 0 Å². The maximum atomic E-state index is 11.8. The van der Waals surface area contributed by atoms with Crippen LogP contribution in [0.3, 0.4) is 0 Å². The minimum atomic E-state index is -0.339. The van der Waals surface area contributed by atoms with Crippen molar-refractivity contribution in [1.82, 2.24) is 19.5 Å². The molecule has 3 heterocycles. The van der Waals surface area contributed by atoms with E-state index in [-0.39, 0.29) is 11.5 Å². The average molecular weight is 374 g/mol. The number of nitrogens with zero attached hydrogens (tertiary/aromatic N) is 3. The van der Waals surface area contributed by atoms with E-state index in [0.29, 0.717) is 17.8 Å². The molecule has 1 aromatic carbocycles. The zero-order chi connectivity index (χ0) is 19.7. The predicted molar refractivity (Wildman–Crippen MR) is 106 cm³/mol. The van der Waals surface area contributed by atoms with Crippen LogP contribution in [0, 0.1) is 0 Å². The summed E-state index contributed by atoms with van der Waals surface area (Å²) in [5.74, 6) is -0.339. The monoisotopic (exact) mass is 374 g/mol. The van der Waals surface area contributed by atoms with Crippen molar-refractivity contribution in [3.63, 3.8) is 0 Å². The highest BCUT2D eigenvalue weighted by atomic mass is 16.5. The highest BCUT2D eigenvalue weighted by Crippen LogP contribution is 2.29. The molecule has 0 aliphatic heterocycles. The Morgan fingerprint density at radius 1 is 1.11 bits per heavy atom. The second kappa shape index (κ2) is 7.11. The number of aryl methyl sites for hydroxylation is 1. The Bertz CT molecular complexity index is 1220. The third-order valence-electron chi connectivity index (χ3n) is 4.49. The highest BCUT2D eigenvalue weighted by Gasteiger charge is 2.12. The number of hydrogen-bond donors (Lipinski definition) is 1. The number of benzene rings is 1. The van der Waals surface area contributed by atoms with Gasteiger partial charge in [0.1, 0.15) is 12.0 Å². The van der Waals surface area contributed by atoms with Gasteiger partial charge in [0, 0.05) is 36.0 Å². The van der Waals surface area contributed by atoms with Crippen LogP contribution < -0.4 is 5.56 Å². The topological polar surface area (TPSA) is 89.9 Å². The summed E-state index contributed by atoms with van der Waals surface area (Å²) in [5, 5.41) is 0.852. The van der Waals surface area contributed by atoms with E-state index >= 15 is 0 Å². The Morgan fingerprint density at radius 3 is 2.57 bits per heavy atom. The Morgan fingerprint density at radius 2 is 1.86 bits per heavy atom. The molecule has 0 aliphatic rings. The normalized spacial score (nSPS) is 10.9. The first-order chi connectivity index (χ1) is 13.6. The van der Waals surface area contributed by atoms with Crippen LogP contribution in [0.5, 0.6) is 0 Å². The van der Waals surface area contributed by atoms with E-state index in [1.165, 1.54) is 17.0 Å². The number of pyridine rings is 1. The Kier molecular flexibility index (Phi) is 4.49. The van der Waals surface area contributed by atoms with E-state index in [9.17, 15) is 9.59 Å². The first-order valence-electron chi connectivity index (χ1n) is 8.85. The minimum absolute atomic E-state index is 0.0782. The number of ether oxygens (including phenoxy) is 1. The molecule has 0 atom stereocenters. The number of carbonyl (C=O) groups is 1. The Balaban J connectivity index is 1.75. The van der Waals surface area contributed by atoms with Crippen LogP contribution in [-0.4, -0.2) is 32.1 Å². The average Bonchev–Trinajstić information content (AvgIpc) is 3.15. The molecule has 0 amide bonds. The summed E-state index contributed by atoms with van der Waals surface area (Å²) >= 11 is 0. The standard InChI is InChI=1S/C21H18N4O3/c1-3-28-21(27)14-6-4-13(5-7-14)17-10-16-19(22-12-23-20(16)24-17)15-8-9-18(26)25(2)11-15/h4-12H,3H2,1-2H3,(H,22,23,24). The van der Waals surface area contributed by atoms with Gasteiger partial charge in [-0.3, -0.25) is 4.79 Å². The summed E-state index contributed by atoms with van der Waals surface area (Å²) in [6.45, 7) is 2.12. The second-order valence-corrected chi connectivity index (χ2v) is 6.33. The molecule has 0 saturated carbocycles. The van der Waals surface area contributed by atoms with Gasteiger partial charge < -0.3 is 14.3 Å². The first-order valence-corrected chi connectivity index (χ1v) is 8.85. The SMILES string of the molecule is CCOC(=O)c1ccc(-c2cc3c(-c4ccc(=O)n(C)c4)ncnc3[nH]2)cc1. The summed E-state index contributed by atoms with van der Waals surface area (Å²) < 4.78 is 6.53. The number of hydrogen-bond acceptors (Lipinski definition) is 5. The van der Waals surface area contributed by atoms with Crippen LogP contribution in [0.15, 0.2) is 59.8 Å². The van der Waals surface area contributed by atoms with Crippen molar-refractivity contribution in [3.05, 3.63) is 70.9 Å². The third kappa shape index (κ3) is 3.18. The zero-order valence-corrected chi connectivity index (χ0v) is 15.5. The molecule has 0 spiro atoms. The number of nitrogens with one attached hydrogen (secondary N) is 1. The van der Waals surface area contributed by atoms with Gasteiger partial charge >= 0.3 is 5.97 Å². The summed E-state index contributed by atoms with van der Waals surface area (Å²) in [7, 11) is 1.71. The molecule has 1 N–H and O–H groups in total. The molecule has 3 aromatic heterocycles. The van der Waals surface area contributed by atoms with Crippen molar-refractivity contribution < 1.29 is 9.53 Å². The van der Waals surface area contributed by atoms with Gasteiger partial charge in [0.15, 0.2) is 0 Å². The Labute approximate surface area is 160 Å². The largest absolute Gasteiger partial charge is 0.462 e. The van der Waals surface area contributed by atoms with Crippen LogP contribution in [0.25, 0.3) is 33.5 Å². The van der Waals surface area contributed by atoms with Crippen molar-refractivity contribution in [2.75, 3.05) is 6.61 Å². The molecule has 0 bridgehead atoms. The van der Waals surface area contributed by atoms with Crippen LogP contribution in [-0.2, 0) is 11.8 Å². The van der Waals surface area contributed by atoms with E-state index in [1.54, 1.807) is 38.4 Å². The lowest BCUT2D eigenvalue weighted by Gasteiger charge is -2.03. The molecular formula is C21H18N4O3. The number of aromatic amines is 1. The molecule has 7 nitrogen and oxygen atoms in total. The maximum Gasteiger partial charge on any atom is 0.338 e. The van der Waals surface area contributed by atoms with Gasteiger partial charge in [-0.15, -0.1) is 0 Å². The van der Waals surface area contributed by atoms with Crippen LogP contribution in [0.4, 0.5) is 0 Å². The first kappa shape index (κ1) is 17.7. The molecule has 28 heavy (non-hydrogen) atoms. The van der Waals surface area contributed by atoms with Gasteiger partial charge in [-0.25, -0.2) is 14.8 Å². The molecule has 7 heteroatoms. The fourth-order valence-corrected chi connectivity index (χ4v) is 3.06. The molecule has 0 saturated heterocycles. The van der Waals surface area contributed by atoms with Crippen LogP contribution >= 0.6 is 0 Å². The van der Waals surface area contributed by atoms with Crippen molar-refractivity contribution in [2.24, 2.45) is 7.05 Å². The quantitative estimate of drug-likeness (QED) is 0.554. The number of fused-ring (bicyclic) bond motifs is 1. The zero-order valence-electron chi connectivity index (χ0n) is 15.5. The van der Waals surface area contributed by atoms with E-state index in [0.717, 1.165) is 27.9 Å². The predicted octanol–water partition coefficient (Wildman–Crippen LogP) is 3.17. The molecule has 0 radical (unpaired) electrons. The highest BCUT2D eigenvalue weighted by molar-refractivity contribution is 5.94. The van der Waals surface area contributed by atoms with Gasteiger partial charge in [-0.1, -0.05) is 12.1 Å². The Hall–Kier alpha value is -3.74. The maximum absolute atomic E-state index is 11.8. The third-order valence-corrected chi connectivity index (χ3v) is 4.49. The molecule has 0 aliphatic carbocycles. The fourth-order valence-electron chi connectivity index (χ4n) is 3.06. The lowest BCUT2D eigenvalue weighted by molar-refractivity contribution is 0.0526. The molecule has 4 rings (SSSR count). The van der Waals surface area contributed by atoms with E-state index in [1.807, 2.05) is 18.2 Å². The van der Waals surface area contributed by atoms with Crippen molar-refractivity contribution in [2.45, 2.75) is 6.92 Å². The smallest absolute Gasteiger partial charge is 0.338 e. The molecule has 0 fully saturated rings. The van der Waals surface area contributed by atoms with Gasteiger partial charge in [-0.05, 0) is 36.8 Å². The van der Waals surface area contributed by atoms with Gasteiger partial charge in [0.2, 0.25) is 5.56 Å². The molecule has 4 aromatic rings. The van der Waals surface area contributed by atoms with Gasteiger partial charge in [0.05, 0.1) is 17.9 Å². The summed E-state index contributed by atoms with van der Waals surface area (Å²) in [5.41, 5.74) is 4.47. The molecule has 140 valence electrons. The van der Waals surface area contributed by atoms with E-state index in [2.05, 4.69) is 15.0 Å². The second-order valence-electron chi connectivity index (χ2n) is 6.33. The van der Waals surface area contributed by atoms with Crippen molar-refractivity contribution in [3.8, 4) is 22.5 Å². The van der Waals surface area contributed by atoms with E-state index in [4.69, 9.17) is 4.74 Å². The lowest BCUT2D eigenvalue weighted by atomic mass is 10.1. The van der Waals surface area contributed by atoms with Crippen molar-refractivity contribution >= 4 is 17.0 Å². The number of aromatic nitrogens is 4. The van der Waals surface area contributed by atoms with E-state index < -0.39 is 0 Å². The van der Waals surface area contributed by atoms with Crippen LogP contribution in [0.1, 0.15) is 17.3 Å². The van der Waals surface area contributed by atoms with Crippen LogP contribution in [0.2, 0.25) is 0 Å². The summed E-state index contributed by atoms with van der Waals surface area (Å²) in [6.07, 6.45) is 3.25. The summed E-state index contributed by atoms with van der Waals surface area (Å²) in [4.78, 5) is 35.5. The number of H-pyrrole nitrogens is 1. The minimum Gasteiger partial charge on any atom is -0.462 e. The fraction of sp³-hybridized carbons (Fsp3) is 0.143.